The molecule has 82 valence electrons. The lowest BCUT2D eigenvalue weighted by Gasteiger charge is -2.17. The van der Waals surface area contributed by atoms with Crippen LogP contribution in [0, 0.1) is 5.82 Å². The van der Waals surface area contributed by atoms with Crippen molar-refractivity contribution in [3.8, 4) is 5.75 Å². The van der Waals surface area contributed by atoms with Crippen molar-refractivity contribution in [2.75, 3.05) is 19.0 Å². The lowest BCUT2D eigenvalue weighted by molar-refractivity contribution is 0.414. The van der Waals surface area contributed by atoms with Crippen LogP contribution in [-0.4, -0.2) is 19.2 Å². The number of halogens is 1. The van der Waals surface area contributed by atoms with Gasteiger partial charge in [-0.15, -0.1) is 0 Å². The Balaban J connectivity index is 2.19. The van der Waals surface area contributed by atoms with E-state index >= 15 is 0 Å². The smallest absolute Gasteiger partial charge is 0.146 e. The van der Waals surface area contributed by atoms with E-state index in [0.29, 0.717) is 18.0 Å². The Morgan fingerprint density at radius 1 is 1.53 bits per heavy atom. The molecule has 1 aliphatic rings. The lowest BCUT2D eigenvalue weighted by atomic mass is 10.2. The van der Waals surface area contributed by atoms with E-state index < -0.39 is 0 Å². The summed E-state index contributed by atoms with van der Waals surface area (Å²) in [6.07, 6.45) is 2.00. The molecule has 0 spiro atoms. The highest BCUT2D eigenvalue weighted by atomic mass is 19.1. The minimum Gasteiger partial charge on any atom is -0.497 e. The summed E-state index contributed by atoms with van der Waals surface area (Å²) in [6, 6.07) is 4.65. The highest BCUT2D eigenvalue weighted by molar-refractivity contribution is 5.52. The Morgan fingerprint density at radius 3 is 2.80 bits per heavy atom. The molecule has 1 aliphatic carbocycles. The molecule has 1 aromatic carbocycles. The number of hydrogen-bond donors (Lipinski definition) is 2. The largest absolute Gasteiger partial charge is 0.497 e. The molecule has 1 fully saturated rings. The van der Waals surface area contributed by atoms with E-state index in [1.807, 2.05) is 0 Å². The van der Waals surface area contributed by atoms with Crippen molar-refractivity contribution in [1.82, 2.24) is 0 Å². The van der Waals surface area contributed by atoms with Crippen LogP contribution < -0.4 is 15.8 Å². The van der Waals surface area contributed by atoms with E-state index in [1.54, 1.807) is 19.2 Å². The van der Waals surface area contributed by atoms with Crippen LogP contribution in [0.1, 0.15) is 12.8 Å². The average Bonchev–Trinajstić information content (AvgIpc) is 3.02. The predicted molar refractivity (Wildman–Crippen MR) is 57.6 cm³/mol. The van der Waals surface area contributed by atoms with Gasteiger partial charge >= 0.3 is 0 Å². The van der Waals surface area contributed by atoms with E-state index in [2.05, 4.69) is 5.32 Å². The first-order chi connectivity index (χ1) is 7.19. The van der Waals surface area contributed by atoms with E-state index in [4.69, 9.17) is 10.5 Å². The number of rotatable bonds is 4. The van der Waals surface area contributed by atoms with Crippen molar-refractivity contribution in [2.45, 2.75) is 18.4 Å². The molecule has 0 saturated heterocycles. The van der Waals surface area contributed by atoms with Crippen LogP contribution in [0.5, 0.6) is 5.75 Å². The second-order valence-corrected chi connectivity index (χ2v) is 3.96. The average molecular weight is 210 g/mol. The quantitative estimate of drug-likeness (QED) is 0.795. The molecule has 3 N–H and O–H groups in total. The molecular weight excluding hydrogens is 195 g/mol. The van der Waals surface area contributed by atoms with Crippen LogP contribution in [0.4, 0.5) is 10.1 Å². The van der Waals surface area contributed by atoms with Crippen LogP contribution in [0.25, 0.3) is 0 Å². The molecular formula is C11H15FN2O. The van der Waals surface area contributed by atoms with Crippen molar-refractivity contribution < 1.29 is 9.13 Å². The van der Waals surface area contributed by atoms with Crippen molar-refractivity contribution in [3.05, 3.63) is 24.0 Å². The Bertz CT molecular complexity index is 364. The maximum Gasteiger partial charge on any atom is 0.146 e. The molecule has 0 radical (unpaired) electrons. The predicted octanol–water partition coefficient (Wildman–Crippen LogP) is 1.74. The number of nitrogens with one attached hydrogen (secondary N) is 1. The van der Waals surface area contributed by atoms with E-state index in [9.17, 15) is 4.39 Å². The molecule has 0 amide bonds. The zero-order valence-corrected chi connectivity index (χ0v) is 8.72. The first kappa shape index (κ1) is 10.2. The van der Waals surface area contributed by atoms with Crippen molar-refractivity contribution in [1.29, 1.82) is 0 Å². The number of benzene rings is 1. The Kier molecular flexibility index (Phi) is 2.52. The fraction of sp³-hybridized carbons (Fsp3) is 0.455. The summed E-state index contributed by atoms with van der Waals surface area (Å²) in [4.78, 5) is 0. The summed E-state index contributed by atoms with van der Waals surface area (Å²) in [5.74, 6) is 0.377. The third-order valence-electron chi connectivity index (χ3n) is 2.82. The first-order valence-electron chi connectivity index (χ1n) is 5.01. The summed E-state index contributed by atoms with van der Waals surface area (Å²) >= 11 is 0. The van der Waals surface area contributed by atoms with Gasteiger partial charge in [0, 0.05) is 18.2 Å². The van der Waals surface area contributed by atoms with Crippen LogP contribution in [0.15, 0.2) is 18.2 Å². The van der Waals surface area contributed by atoms with Gasteiger partial charge in [-0.05, 0) is 25.0 Å². The minimum absolute atomic E-state index is 0.0901. The maximum absolute atomic E-state index is 13.4. The summed E-state index contributed by atoms with van der Waals surface area (Å²) in [6.45, 7) is 0.531. The van der Waals surface area contributed by atoms with Gasteiger partial charge in [0.2, 0.25) is 0 Å². The van der Waals surface area contributed by atoms with Gasteiger partial charge in [-0.3, -0.25) is 0 Å². The van der Waals surface area contributed by atoms with Crippen LogP contribution in [-0.2, 0) is 0 Å². The third-order valence-corrected chi connectivity index (χ3v) is 2.82. The van der Waals surface area contributed by atoms with Crippen LogP contribution in [0.2, 0.25) is 0 Å². The normalized spacial score (nSPS) is 17.3. The fourth-order valence-corrected chi connectivity index (χ4v) is 1.54. The summed E-state index contributed by atoms with van der Waals surface area (Å²) in [5.41, 5.74) is 6.00. The van der Waals surface area contributed by atoms with E-state index in [-0.39, 0.29) is 11.4 Å². The van der Waals surface area contributed by atoms with E-state index in [1.165, 1.54) is 6.07 Å². The second-order valence-electron chi connectivity index (χ2n) is 3.96. The van der Waals surface area contributed by atoms with Crippen LogP contribution in [0.3, 0.4) is 0 Å². The van der Waals surface area contributed by atoms with Gasteiger partial charge < -0.3 is 15.8 Å². The van der Waals surface area contributed by atoms with Crippen molar-refractivity contribution >= 4 is 5.69 Å². The van der Waals surface area contributed by atoms with Crippen LogP contribution >= 0.6 is 0 Å². The Labute approximate surface area is 88.4 Å². The molecule has 0 heterocycles. The monoisotopic (exact) mass is 210 g/mol. The fourth-order valence-electron chi connectivity index (χ4n) is 1.54. The third kappa shape index (κ3) is 2.04. The molecule has 0 aromatic heterocycles. The standard InChI is InChI=1S/C11H15FN2O/c1-15-8-2-3-9(12)10(6-8)14-11(7-13)4-5-11/h2-3,6,14H,4-5,7,13H2,1H3. The highest BCUT2D eigenvalue weighted by Gasteiger charge is 2.41. The molecule has 0 bridgehead atoms. The molecule has 0 unspecified atom stereocenters. The Morgan fingerprint density at radius 2 is 2.27 bits per heavy atom. The topological polar surface area (TPSA) is 47.3 Å². The minimum atomic E-state index is -0.268. The number of ether oxygens (including phenoxy) is 1. The number of nitrogens with two attached hydrogens (primary N) is 1. The molecule has 0 aliphatic heterocycles. The van der Waals surface area contributed by atoms with Gasteiger partial charge in [0.1, 0.15) is 11.6 Å². The molecule has 1 saturated carbocycles. The first-order valence-corrected chi connectivity index (χ1v) is 5.01. The maximum atomic E-state index is 13.4. The van der Waals surface area contributed by atoms with Crippen molar-refractivity contribution in [2.24, 2.45) is 5.73 Å². The van der Waals surface area contributed by atoms with Crippen molar-refractivity contribution in [3.63, 3.8) is 0 Å². The SMILES string of the molecule is COc1ccc(F)c(NC2(CN)CC2)c1. The van der Waals surface area contributed by atoms with Gasteiger partial charge in [0.25, 0.3) is 0 Å². The lowest BCUT2D eigenvalue weighted by Crippen LogP contribution is -2.31. The molecule has 2 rings (SSSR count). The molecule has 3 nitrogen and oxygen atoms in total. The molecule has 15 heavy (non-hydrogen) atoms. The van der Waals surface area contributed by atoms with Gasteiger partial charge in [-0.2, -0.15) is 0 Å². The van der Waals surface area contributed by atoms with E-state index in [0.717, 1.165) is 12.8 Å². The summed E-state index contributed by atoms with van der Waals surface area (Å²) in [7, 11) is 1.56. The number of methoxy groups -OCH3 is 1. The molecule has 1 aromatic rings. The second kappa shape index (κ2) is 3.70. The van der Waals surface area contributed by atoms with Gasteiger partial charge in [0.15, 0.2) is 0 Å². The molecule has 4 heteroatoms. The Hall–Kier alpha value is -1.29. The number of anilines is 1. The highest BCUT2D eigenvalue weighted by Crippen LogP contribution is 2.39. The zero-order valence-electron chi connectivity index (χ0n) is 8.72. The number of hydrogen-bond acceptors (Lipinski definition) is 3. The zero-order chi connectivity index (χ0) is 10.9. The van der Waals surface area contributed by atoms with Gasteiger partial charge in [-0.25, -0.2) is 4.39 Å². The summed E-state index contributed by atoms with van der Waals surface area (Å²) < 4.78 is 18.5. The summed E-state index contributed by atoms with van der Waals surface area (Å²) in [5, 5.41) is 3.14. The van der Waals surface area contributed by atoms with Gasteiger partial charge in [-0.1, -0.05) is 0 Å². The molecule has 0 atom stereocenters. The van der Waals surface area contributed by atoms with Gasteiger partial charge in [0.05, 0.1) is 12.8 Å².